The fourth-order valence-electron chi connectivity index (χ4n) is 1.89. The zero-order chi connectivity index (χ0) is 13.7. The van der Waals surface area contributed by atoms with E-state index in [1.807, 2.05) is 42.6 Å². The topological polar surface area (TPSA) is 50.2 Å². The number of pyridine rings is 1. The first-order valence-electron chi connectivity index (χ1n) is 6.04. The molecular formula is C16H15NO2. The van der Waals surface area contributed by atoms with Crippen molar-refractivity contribution >= 4 is 11.5 Å². The molecule has 0 aliphatic carbocycles. The lowest BCUT2D eigenvalue weighted by atomic mass is 10.0. The molecule has 19 heavy (non-hydrogen) atoms. The number of aromatic nitrogens is 1. The predicted molar refractivity (Wildman–Crippen MR) is 74.8 cm³/mol. The molecule has 0 aliphatic rings. The van der Waals surface area contributed by atoms with Crippen molar-refractivity contribution < 1.29 is 9.90 Å². The van der Waals surface area contributed by atoms with Crippen molar-refractivity contribution in [2.24, 2.45) is 0 Å². The number of hydrogen-bond donors (Lipinski definition) is 1. The maximum Gasteiger partial charge on any atom is 0.328 e. The number of allylic oxidation sites excluding steroid dienone is 1. The van der Waals surface area contributed by atoms with Crippen molar-refractivity contribution in [1.82, 2.24) is 4.98 Å². The number of nitrogens with zero attached hydrogens (tertiary/aromatic N) is 1. The van der Waals surface area contributed by atoms with Crippen LogP contribution in [0.5, 0.6) is 0 Å². The van der Waals surface area contributed by atoms with Gasteiger partial charge in [-0.2, -0.15) is 0 Å². The second-order valence-electron chi connectivity index (χ2n) is 4.40. The Hall–Kier alpha value is -2.42. The normalized spacial score (nSPS) is 11.3. The molecule has 0 radical (unpaired) electrons. The predicted octanol–water partition coefficient (Wildman–Crippen LogP) is 3.16. The minimum absolute atomic E-state index is 0.750. The molecule has 1 aromatic heterocycles. The molecule has 3 nitrogen and oxygen atoms in total. The van der Waals surface area contributed by atoms with E-state index < -0.39 is 5.97 Å². The lowest BCUT2D eigenvalue weighted by molar-refractivity contribution is -0.131. The number of hydrogen-bond acceptors (Lipinski definition) is 2. The van der Waals surface area contributed by atoms with E-state index in [1.165, 1.54) is 11.6 Å². The first-order valence-corrected chi connectivity index (χ1v) is 6.04. The van der Waals surface area contributed by atoms with Gasteiger partial charge < -0.3 is 5.11 Å². The van der Waals surface area contributed by atoms with Gasteiger partial charge in [-0.15, -0.1) is 0 Å². The van der Waals surface area contributed by atoms with Crippen LogP contribution in [0.4, 0.5) is 0 Å². The van der Waals surface area contributed by atoms with E-state index in [0.717, 1.165) is 23.1 Å². The average molecular weight is 253 g/mol. The molecule has 96 valence electrons. The summed E-state index contributed by atoms with van der Waals surface area (Å²) in [7, 11) is 0. The van der Waals surface area contributed by atoms with Gasteiger partial charge in [0, 0.05) is 18.5 Å². The highest BCUT2D eigenvalue weighted by Gasteiger charge is 2.00. The van der Waals surface area contributed by atoms with Crippen LogP contribution in [0, 0.1) is 0 Å². The summed E-state index contributed by atoms with van der Waals surface area (Å²) in [5.41, 5.74) is 4.02. The summed E-state index contributed by atoms with van der Waals surface area (Å²) in [5.74, 6) is -0.920. The number of carbonyl (C=O) groups is 1. The number of aliphatic carboxylic acids is 1. The van der Waals surface area contributed by atoms with Gasteiger partial charge in [-0.1, -0.05) is 30.3 Å². The molecule has 0 amide bonds. The van der Waals surface area contributed by atoms with Gasteiger partial charge in [0.05, 0.1) is 0 Å². The molecule has 0 saturated carbocycles. The Labute approximate surface area is 112 Å². The Kier molecular flexibility index (Phi) is 4.08. The minimum atomic E-state index is -0.920. The Balaban J connectivity index is 2.13. The molecule has 1 aromatic carbocycles. The van der Waals surface area contributed by atoms with Gasteiger partial charge in [-0.3, -0.25) is 4.98 Å². The molecule has 3 heteroatoms. The zero-order valence-corrected chi connectivity index (χ0v) is 10.7. The Morgan fingerprint density at radius 3 is 2.53 bits per heavy atom. The minimum Gasteiger partial charge on any atom is -0.478 e. The van der Waals surface area contributed by atoms with Gasteiger partial charge in [-0.05, 0) is 41.7 Å². The standard InChI is InChI=1S/C16H15NO2/c1-12(9-16(18)19)15-6-4-13(5-7-15)10-14-3-2-8-17-11-14/h2-9,11H,10H2,1H3,(H,18,19)/b12-9-. The SMILES string of the molecule is C/C(=C/C(=O)O)c1ccc(Cc2cccnc2)cc1. The zero-order valence-electron chi connectivity index (χ0n) is 10.7. The lowest BCUT2D eigenvalue weighted by Gasteiger charge is -2.04. The van der Waals surface area contributed by atoms with Crippen molar-refractivity contribution in [3.63, 3.8) is 0 Å². The van der Waals surface area contributed by atoms with E-state index in [0.29, 0.717) is 0 Å². The molecule has 0 fully saturated rings. The van der Waals surface area contributed by atoms with Gasteiger partial charge in [0.25, 0.3) is 0 Å². The van der Waals surface area contributed by atoms with Crippen LogP contribution in [-0.2, 0) is 11.2 Å². The van der Waals surface area contributed by atoms with Crippen LogP contribution in [-0.4, -0.2) is 16.1 Å². The largest absolute Gasteiger partial charge is 0.478 e. The highest BCUT2D eigenvalue weighted by atomic mass is 16.4. The molecule has 0 saturated heterocycles. The summed E-state index contributed by atoms with van der Waals surface area (Å²) in [6.07, 6.45) is 5.65. The molecule has 1 heterocycles. The third kappa shape index (κ3) is 3.78. The second-order valence-corrected chi connectivity index (χ2v) is 4.40. The summed E-state index contributed by atoms with van der Waals surface area (Å²) in [6, 6.07) is 11.9. The van der Waals surface area contributed by atoms with Crippen LogP contribution in [0.15, 0.2) is 54.9 Å². The summed E-state index contributed by atoms with van der Waals surface area (Å²) >= 11 is 0. The fourth-order valence-corrected chi connectivity index (χ4v) is 1.89. The number of carboxylic acids is 1. The average Bonchev–Trinajstić information content (AvgIpc) is 2.40. The van der Waals surface area contributed by atoms with Crippen molar-refractivity contribution in [2.45, 2.75) is 13.3 Å². The number of benzene rings is 1. The Morgan fingerprint density at radius 2 is 1.95 bits per heavy atom. The molecule has 2 rings (SSSR count). The van der Waals surface area contributed by atoms with Gasteiger partial charge in [0.1, 0.15) is 0 Å². The van der Waals surface area contributed by atoms with Crippen molar-refractivity contribution in [2.75, 3.05) is 0 Å². The van der Waals surface area contributed by atoms with Crippen LogP contribution in [0.2, 0.25) is 0 Å². The van der Waals surface area contributed by atoms with E-state index in [2.05, 4.69) is 4.98 Å². The molecule has 0 unspecified atom stereocenters. The summed E-state index contributed by atoms with van der Waals surface area (Å²) < 4.78 is 0. The van der Waals surface area contributed by atoms with Crippen molar-refractivity contribution in [1.29, 1.82) is 0 Å². The molecule has 0 aliphatic heterocycles. The first-order chi connectivity index (χ1) is 9.15. The molecule has 0 bridgehead atoms. The number of carboxylic acid groups (broad SMARTS) is 1. The highest BCUT2D eigenvalue weighted by molar-refractivity contribution is 5.89. The van der Waals surface area contributed by atoms with Gasteiger partial charge in [0.15, 0.2) is 0 Å². The quantitative estimate of drug-likeness (QED) is 0.851. The number of rotatable bonds is 4. The van der Waals surface area contributed by atoms with E-state index in [9.17, 15) is 4.79 Å². The van der Waals surface area contributed by atoms with Crippen molar-refractivity contribution in [3.8, 4) is 0 Å². The van der Waals surface area contributed by atoms with E-state index >= 15 is 0 Å². The fraction of sp³-hybridized carbons (Fsp3) is 0.125. The van der Waals surface area contributed by atoms with E-state index in [-0.39, 0.29) is 0 Å². The maximum atomic E-state index is 10.6. The van der Waals surface area contributed by atoms with Crippen LogP contribution >= 0.6 is 0 Å². The summed E-state index contributed by atoms with van der Waals surface area (Å²) in [6.45, 7) is 1.80. The third-order valence-electron chi connectivity index (χ3n) is 2.88. The molecule has 0 spiro atoms. The first kappa shape index (κ1) is 13.0. The van der Waals surface area contributed by atoms with Crippen LogP contribution in [0.1, 0.15) is 23.6 Å². The van der Waals surface area contributed by atoms with Crippen LogP contribution in [0.25, 0.3) is 5.57 Å². The molecular weight excluding hydrogens is 238 g/mol. The molecule has 0 atom stereocenters. The van der Waals surface area contributed by atoms with E-state index in [1.54, 1.807) is 13.1 Å². The lowest BCUT2D eigenvalue weighted by Crippen LogP contribution is -1.92. The Morgan fingerprint density at radius 1 is 1.21 bits per heavy atom. The molecule has 2 aromatic rings. The van der Waals surface area contributed by atoms with Crippen molar-refractivity contribution in [3.05, 3.63) is 71.6 Å². The van der Waals surface area contributed by atoms with Gasteiger partial charge in [-0.25, -0.2) is 4.79 Å². The third-order valence-corrected chi connectivity index (χ3v) is 2.88. The maximum absolute atomic E-state index is 10.6. The smallest absolute Gasteiger partial charge is 0.328 e. The van der Waals surface area contributed by atoms with Gasteiger partial charge in [0.2, 0.25) is 0 Å². The van der Waals surface area contributed by atoms with Gasteiger partial charge >= 0.3 is 5.97 Å². The summed E-state index contributed by atoms with van der Waals surface area (Å²) in [5, 5.41) is 8.71. The second kappa shape index (κ2) is 5.96. The summed E-state index contributed by atoms with van der Waals surface area (Å²) in [4.78, 5) is 14.7. The van der Waals surface area contributed by atoms with E-state index in [4.69, 9.17) is 5.11 Å². The Bertz CT molecular complexity index is 586. The molecule has 1 N–H and O–H groups in total. The van der Waals surface area contributed by atoms with Crippen LogP contribution in [0.3, 0.4) is 0 Å². The monoisotopic (exact) mass is 253 g/mol. The highest BCUT2D eigenvalue weighted by Crippen LogP contribution is 2.16. The van der Waals surface area contributed by atoms with Crippen LogP contribution < -0.4 is 0 Å².